The molecule has 3 rings (SSSR count). The highest BCUT2D eigenvalue weighted by atomic mass is 127. The third-order valence-corrected chi connectivity index (χ3v) is 4.23. The minimum absolute atomic E-state index is 0.532. The lowest BCUT2D eigenvalue weighted by molar-refractivity contribution is 0.941. The molecule has 3 aromatic rings. The van der Waals surface area contributed by atoms with Gasteiger partial charge in [0.1, 0.15) is 5.15 Å². The fraction of sp³-hybridized carbons (Fsp3) is 0.0769. The summed E-state index contributed by atoms with van der Waals surface area (Å²) < 4.78 is 2.41. The van der Waals surface area contributed by atoms with E-state index in [1.54, 1.807) is 10.7 Å². The zero-order chi connectivity index (χ0) is 13.4. The Morgan fingerprint density at radius 2 is 2.05 bits per heavy atom. The van der Waals surface area contributed by atoms with E-state index < -0.39 is 0 Å². The maximum atomic E-state index is 6.23. The molecule has 0 atom stereocenters. The molecule has 2 aromatic heterocycles. The van der Waals surface area contributed by atoms with Gasteiger partial charge in [-0.25, -0.2) is 9.50 Å². The second-order valence-corrected chi connectivity index (χ2v) is 5.52. The monoisotopic (exact) mass is 403 g/mol. The van der Waals surface area contributed by atoms with Crippen molar-refractivity contribution < 1.29 is 0 Å². The van der Waals surface area contributed by atoms with Gasteiger partial charge >= 0.3 is 0 Å². The first-order valence-electron chi connectivity index (χ1n) is 5.54. The van der Waals surface area contributed by atoms with E-state index in [1.165, 1.54) is 0 Å². The number of benzene rings is 1. The van der Waals surface area contributed by atoms with Crippen molar-refractivity contribution in [1.82, 2.24) is 14.6 Å². The minimum Gasteiger partial charge on any atom is -0.228 e. The maximum absolute atomic E-state index is 6.23. The van der Waals surface area contributed by atoms with Crippen molar-refractivity contribution in [2.24, 2.45) is 0 Å². The van der Waals surface area contributed by atoms with Crippen molar-refractivity contribution in [1.29, 1.82) is 0 Å². The van der Waals surface area contributed by atoms with Crippen molar-refractivity contribution in [2.75, 3.05) is 0 Å². The van der Waals surface area contributed by atoms with Gasteiger partial charge in [-0.05, 0) is 11.6 Å². The first-order chi connectivity index (χ1) is 9.20. The largest absolute Gasteiger partial charge is 0.228 e. The average molecular weight is 404 g/mol. The zero-order valence-corrected chi connectivity index (χ0v) is 13.3. The maximum Gasteiger partial charge on any atom is 0.157 e. The van der Waals surface area contributed by atoms with E-state index in [-0.39, 0.29) is 0 Å². The van der Waals surface area contributed by atoms with E-state index in [2.05, 4.69) is 32.7 Å². The van der Waals surface area contributed by atoms with Gasteiger partial charge in [-0.1, -0.05) is 57.9 Å². The van der Waals surface area contributed by atoms with Crippen LogP contribution in [0.1, 0.15) is 5.56 Å². The lowest BCUT2D eigenvalue weighted by Gasteiger charge is -2.09. The van der Waals surface area contributed by atoms with Gasteiger partial charge in [0.15, 0.2) is 5.65 Å². The van der Waals surface area contributed by atoms with Gasteiger partial charge in [-0.15, -0.1) is 0 Å². The van der Waals surface area contributed by atoms with Gasteiger partial charge < -0.3 is 0 Å². The first kappa shape index (κ1) is 13.1. The van der Waals surface area contributed by atoms with Crippen LogP contribution >= 0.6 is 45.8 Å². The van der Waals surface area contributed by atoms with E-state index in [1.807, 2.05) is 30.3 Å². The smallest absolute Gasteiger partial charge is 0.157 e. The third kappa shape index (κ3) is 2.32. The summed E-state index contributed by atoms with van der Waals surface area (Å²) >= 11 is 14.7. The molecule has 2 heterocycles. The summed E-state index contributed by atoms with van der Waals surface area (Å²) in [5, 5.41) is 5.39. The number of aromatic nitrogens is 3. The Morgan fingerprint density at radius 3 is 2.84 bits per heavy atom. The number of nitrogens with zero attached hydrogens (tertiary/aromatic N) is 3. The number of rotatable bonds is 2. The highest BCUT2D eigenvalue weighted by Crippen LogP contribution is 2.31. The second-order valence-electron chi connectivity index (χ2n) is 3.96. The Balaban J connectivity index is 2.27. The van der Waals surface area contributed by atoms with Crippen molar-refractivity contribution in [3.8, 4) is 11.3 Å². The molecule has 19 heavy (non-hydrogen) atoms. The van der Waals surface area contributed by atoms with Gasteiger partial charge in [-0.3, -0.25) is 0 Å². The van der Waals surface area contributed by atoms with E-state index >= 15 is 0 Å². The van der Waals surface area contributed by atoms with Crippen molar-refractivity contribution in [3.63, 3.8) is 0 Å². The van der Waals surface area contributed by atoms with Crippen molar-refractivity contribution in [2.45, 2.75) is 4.43 Å². The molecule has 0 radical (unpaired) electrons. The summed E-state index contributed by atoms with van der Waals surface area (Å²) in [5.41, 5.74) is 3.61. The number of halogens is 3. The van der Waals surface area contributed by atoms with Gasteiger partial charge in [0, 0.05) is 27.1 Å². The normalized spacial score (nSPS) is 11.1. The Kier molecular flexibility index (Phi) is 3.64. The molecule has 0 aliphatic heterocycles. The van der Waals surface area contributed by atoms with E-state index in [0.717, 1.165) is 31.9 Å². The second kappa shape index (κ2) is 5.26. The summed E-state index contributed by atoms with van der Waals surface area (Å²) in [6.07, 6.45) is 1.68. The van der Waals surface area contributed by atoms with Gasteiger partial charge in [-0.2, -0.15) is 5.10 Å². The Hall–Kier alpha value is -0.850. The molecule has 0 spiro atoms. The number of hydrogen-bond donors (Lipinski definition) is 0. The summed E-state index contributed by atoms with van der Waals surface area (Å²) in [5.74, 6) is 0. The molecule has 3 nitrogen and oxygen atoms in total. The topological polar surface area (TPSA) is 30.2 Å². The van der Waals surface area contributed by atoms with E-state index in [9.17, 15) is 0 Å². The molecule has 1 aromatic carbocycles. The third-order valence-electron chi connectivity index (χ3n) is 2.84. The summed E-state index contributed by atoms with van der Waals surface area (Å²) in [7, 11) is 0. The minimum atomic E-state index is 0.532. The van der Waals surface area contributed by atoms with Crippen molar-refractivity contribution >= 4 is 51.4 Å². The van der Waals surface area contributed by atoms with Crippen LogP contribution < -0.4 is 0 Å². The fourth-order valence-corrected chi connectivity index (χ4v) is 3.47. The SMILES string of the molecule is Clc1cccc(-c2cc(Cl)n3nccc3n2)c1CI. The number of hydrogen-bond acceptors (Lipinski definition) is 2. The highest BCUT2D eigenvalue weighted by Gasteiger charge is 2.12. The van der Waals surface area contributed by atoms with Crippen LogP contribution in [0.2, 0.25) is 10.2 Å². The standard InChI is InChI=1S/C13H8Cl2IN3/c14-10-3-1-2-8(9(10)7-16)11-6-12(15)19-13(18-11)4-5-17-19/h1-6H,7H2. The molecular weight excluding hydrogens is 396 g/mol. The van der Waals surface area contributed by atoms with Gasteiger partial charge in [0.2, 0.25) is 0 Å². The van der Waals surface area contributed by atoms with Crippen molar-refractivity contribution in [3.05, 3.63) is 52.3 Å². The molecule has 6 heteroatoms. The Bertz CT molecular complexity index is 755. The van der Waals surface area contributed by atoms with Gasteiger partial charge in [0.25, 0.3) is 0 Å². The highest BCUT2D eigenvalue weighted by molar-refractivity contribution is 14.1. The molecule has 0 amide bonds. The van der Waals surface area contributed by atoms with E-state index in [0.29, 0.717) is 5.15 Å². The molecular formula is C13H8Cl2IN3. The fourth-order valence-electron chi connectivity index (χ4n) is 1.95. The summed E-state index contributed by atoms with van der Waals surface area (Å²) in [4.78, 5) is 4.57. The average Bonchev–Trinajstić information content (AvgIpc) is 2.87. The predicted octanol–water partition coefficient (Wildman–Crippen LogP) is 4.64. The van der Waals surface area contributed by atoms with Gasteiger partial charge in [0.05, 0.1) is 11.9 Å². The molecule has 96 valence electrons. The molecule has 0 fully saturated rings. The molecule has 0 unspecified atom stereocenters. The summed E-state index contributed by atoms with van der Waals surface area (Å²) in [6, 6.07) is 9.44. The van der Waals surface area contributed by atoms with Crippen LogP contribution in [-0.2, 0) is 4.43 Å². The molecule has 0 bridgehead atoms. The molecule has 0 saturated carbocycles. The predicted molar refractivity (Wildman–Crippen MR) is 86.2 cm³/mol. The Labute approximate surface area is 133 Å². The molecule has 0 aliphatic carbocycles. The van der Waals surface area contributed by atoms with Crippen LogP contribution in [0.5, 0.6) is 0 Å². The van der Waals surface area contributed by atoms with E-state index in [4.69, 9.17) is 23.2 Å². The molecule has 0 saturated heterocycles. The van der Waals surface area contributed by atoms with Crippen LogP contribution in [-0.4, -0.2) is 14.6 Å². The number of fused-ring (bicyclic) bond motifs is 1. The Morgan fingerprint density at radius 1 is 1.21 bits per heavy atom. The zero-order valence-electron chi connectivity index (χ0n) is 9.65. The first-order valence-corrected chi connectivity index (χ1v) is 7.83. The van der Waals surface area contributed by atoms with Crippen LogP contribution in [0.25, 0.3) is 16.9 Å². The number of alkyl halides is 1. The van der Waals surface area contributed by atoms with Crippen LogP contribution in [0.3, 0.4) is 0 Å². The molecule has 0 N–H and O–H groups in total. The molecule has 0 aliphatic rings. The van der Waals surface area contributed by atoms with Crippen LogP contribution in [0, 0.1) is 0 Å². The van der Waals surface area contributed by atoms with Crippen LogP contribution in [0.15, 0.2) is 36.5 Å². The lowest BCUT2D eigenvalue weighted by atomic mass is 10.1. The summed E-state index contributed by atoms with van der Waals surface area (Å²) in [6.45, 7) is 0. The van der Waals surface area contributed by atoms with Crippen LogP contribution in [0.4, 0.5) is 0 Å². The quantitative estimate of drug-likeness (QED) is 0.354. The lowest BCUT2D eigenvalue weighted by Crippen LogP contribution is -1.96.